The lowest BCUT2D eigenvalue weighted by Crippen LogP contribution is -2.13. The van der Waals surface area contributed by atoms with Crippen molar-refractivity contribution in [1.82, 2.24) is 9.97 Å². The predicted octanol–water partition coefficient (Wildman–Crippen LogP) is 4.68. The lowest BCUT2D eigenvalue weighted by molar-refractivity contribution is 0.471. The van der Waals surface area contributed by atoms with E-state index in [0.29, 0.717) is 16.9 Å². The molecule has 0 radical (unpaired) electrons. The molecule has 2 heterocycles. The van der Waals surface area contributed by atoms with Crippen LogP contribution >= 0.6 is 0 Å². The number of pyridine rings is 2. The van der Waals surface area contributed by atoms with Gasteiger partial charge in [0.1, 0.15) is 22.9 Å². The van der Waals surface area contributed by atoms with Crippen LogP contribution in [0.3, 0.4) is 0 Å². The number of aromatic nitrogens is 2. The average molecular weight is 345 g/mol. The minimum atomic E-state index is -0.406. The fourth-order valence-electron chi connectivity index (χ4n) is 2.97. The maximum absolute atomic E-state index is 13.4. The van der Waals surface area contributed by atoms with Crippen LogP contribution < -0.4 is 5.32 Å². The van der Waals surface area contributed by atoms with E-state index < -0.39 is 6.04 Å². The second kappa shape index (κ2) is 6.80. The fraction of sp³-hybridized carbons (Fsp3) is 0.0476. The van der Waals surface area contributed by atoms with Crippen LogP contribution in [0, 0.1) is 5.82 Å². The highest BCUT2D eigenvalue weighted by Crippen LogP contribution is 2.36. The van der Waals surface area contributed by atoms with Gasteiger partial charge in [-0.15, -0.1) is 0 Å². The molecule has 0 unspecified atom stereocenters. The van der Waals surface area contributed by atoms with Gasteiger partial charge in [0.25, 0.3) is 0 Å². The van der Waals surface area contributed by atoms with E-state index in [2.05, 4.69) is 15.3 Å². The van der Waals surface area contributed by atoms with Crippen LogP contribution in [-0.4, -0.2) is 15.1 Å². The number of nitrogens with zero attached hydrogens (tertiary/aromatic N) is 2. The zero-order chi connectivity index (χ0) is 17.9. The number of hydrogen-bond acceptors (Lipinski definition) is 4. The number of rotatable bonds is 4. The Morgan fingerprint density at radius 1 is 0.846 bits per heavy atom. The zero-order valence-electron chi connectivity index (χ0n) is 13.8. The van der Waals surface area contributed by atoms with Crippen LogP contribution in [0.25, 0.3) is 10.9 Å². The zero-order valence-corrected chi connectivity index (χ0v) is 13.8. The summed E-state index contributed by atoms with van der Waals surface area (Å²) in [4.78, 5) is 8.58. The van der Waals surface area contributed by atoms with Crippen LogP contribution in [-0.2, 0) is 0 Å². The third-order valence-corrected chi connectivity index (χ3v) is 4.25. The lowest BCUT2D eigenvalue weighted by atomic mass is 9.96. The number of aromatic hydroxyl groups is 1. The molecule has 0 bridgehead atoms. The molecule has 0 aliphatic rings. The number of halogens is 1. The van der Waals surface area contributed by atoms with Gasteiger partial charge >= 0.3 is 0 Å². The topological polar surface area (TPSA) is 58.0 Å². The number of phenolic OH excluding ortho intramolecular Hbond substituents is 1. The second-order valence-corrected chi connectivity index (χ2v) is 5.92. The molecule has 2 aromatic carbocycles. The Bertz CT molecular complexity index is 1040. The van der Waals surface area contributed by atoms with Gasteiger partial charge in [-0.05, 0) is 35.9 Å². The predicted molar refractivity (Wildman–Crippen MR) is 99.5 cm³/mol. The highest BCUT2D eigenvalue weighted by molar-refractivity contribution is 5.86. The van der Waals surface area contributed by atoms with Crippen LogP contribution in [0.4, 0.5) is 10.2 Å². The summed E-state index contributed by atoms with van der Waals surface area (Å²) >= 11 is 0. The maximum Gasteiger partial charge on any atom is 0.147 e. The van der Waals surface area contributed by atoms with E-state index in [0.717, 1.165) is 10.9 Å². The molecule has 128 valence electrons. The lowest BCUT2D eigenvalue weighted by Gasteiger charge is -2.22. The first-order chi connectivity index (χ1) is 12.7. The van der Waals surface area contributed by atoms with Gasteiger partial charge in [0.15, 0.2) is 0 Å². The molecule has 2 aromatic heterocycles. The summed E-state index contributed by atoms with van der Waals surface area (Å²) in [5, 5.41) is 15.0. The Balaban J connectivity index is 1.84. The van der Waals surface area contributed by atoms with Gasteiger partial charge in [-0.2, -0.15) is 0 Å². The van der Waals surface area contributed by atoms with E-state index in [1.54, 1.807) is 24.5 Å². The van der Waals surface area contributed by atoms with E-state index in [1.807, 2.05) is 42.5 Å². The smallest absolute Gasteiger partial charge is 0.147 e. The summed E-state index contributed by atoms with van der Waals surface area (Å²) in [6.45, 7) is 0. The molecule has 1 atom stereocenters. The molecule has 0 aliphatic carbocycles. The molecule has 26 heavy (non-hydrogen) atoms. The SMILES string of the molecule is Oc1c([C@@H](Nc2ccccn2)c2ccc(F)cc2)ccc2cccnc12. The second-order valence-electron chi connectivity index (χ2n) is 5.92. The monoisotopic (exact) mass is 345 g/mol. The average Bonchev–Trinajstić information content (AvgIpc) is 2.69. The summed E-state index contributed by atoms with van der Waals surface area (Å²) in [6.07, 6.45) is 3.33. The van der Waals surface area contributed by atoms with Gasteiger partial charge in [-0.25, -0.2) is 9.37 Å². The first kappa shape index (κ1) is 16.0. The number of anilines is 1. The van der Waals surface area contributed by atoms with Crippen molar-refractivity contribution in [3.8, 4) is 5.75 Å². The molecule has 5 heteroatoms. The molecule has 0 saturated carbocycles. The summed E-state index contributed by atoms with van der Waals surface area (Å²) in [5.74, 6) is 0.443. The Hall–Kier alpha value is -3.47. The van der Waals surface area contributed by atoms with Gasteiger partial charge < -0.3 is 10.4 Å². The number of hydrogen-bond donors (Lipinski definition) is 2. The van der Waals surface area contributed by atoms with E-state index in [1.165, 1.54) is 12.1 Å². The maximum atomic E-state index is 13.4. The molecule has 0 saturated heterocycles. The number of fused-ring (bicyclic) bond motifs is 1. The number of benzene rings is 2. The minimum absolute atomic E-state index is 0.0980. The molecular formula is C21H16FN3O. The first-order valence-electron chi connectivity index (χ1n) is 8.22. The van der Waals surface area contributed by atoms with Gasteiger partial charge in [-0.1, -0.05) is 36.4 Å². The molecule has 0 spiro atoms. The van der Waals surface area contributed by atoms with Gasteiger partial charge in [-0.3, -0.25) is 4.98 Å². The summed E-state index contributed by atoms with van der Waals surface area (Å²) in [5.41, 5.74) is 1.98. The molecule has 0 amide bonds. The van der Waals surface area contributed by atoms with E-state index in [-0.39, 0.29) is 11.6 Å². The standard InChI is InChI=1S/C21H16FN3O/c22-16-9-6-15(7-10-16)19(25-18-5-1-2-12-23-18)17-11-8-14-4-3-13-24-20(14)21(17)26/h1-13,19,26H,(H,23,25)/t19-/m0/s1. The van der Waals surface area contributed by atoms with Crippen molar-refractivity contribution in [1.29, 1.82) is 0 Å². The Kier molecular flexibility index (Phi) is 4.19. The van der Waals surface area contributed by atoms with E-state index >= 15 is 0 Å². The molecule has 4 rings (SSSR count). The Morgan fingerprint density at radius 3 is 2.42 bits per heavy atom. The van der Waals surface area contributed by atoms with Gasteiger partial charge in [0.05, 0.1) is 6.04 Å². The minimum Gasteiger partial charge on any atom is -0.505 e. The van der Waals surface area contributed by atoms with E-state index in [9.17, 15) is 9.50 Å². The van der Waals surface area contributed by atoms with Crippen molar-refractivity contribution in [2.45, 2.75) is 6.04 Å². The van der Waals surface area contributed by atoms with Crippen LogP contribution in [0.2, 0.25) is 0 Å². The Morgan fingerprint density at radius 2 is 1.65 bits per heavy atom. The number of nitrogens with one attached hydrogen (secondary N) is 1. The normalized spacial score (nSPS) is 12.0. The van der Waals surface area contributed by atoms with Crippen molar-refractivity contribution in [3.05, 3.63) is 96.1 Å². The molecule has 0 fully saturated rings. The highest BCUT2D eigenvalue weighted by Gasteiger charge is 2.20. The third-order valence-electron chi connectivity index (χ3n) is 4.25. The highest BCUT2D eigenvalue weighted by atomic mass is 19.1. The van der Waals surface area contributed by atoms with Crippen LogP contribution in [0.5, 0.6) is 5.75 Å². The van der Waals surface area contributed by atoms with Crippen molar-refractivity contribution in [2.24, 2.45) is 0 Å². The summed E-state index contributed by atoms with van der Waals surface area (Å²) in [7, 11) is 0. The Labute approximate surface area is 150 Å². The van der Waals surface area contributed by atoms with Crippen LogP contribution in [0.1, 0.15) is 17.2 Å². The first-order valence-corrected chi connectivity index (χ1v) is 8.22. The van der Waals surface area contributed by atoms with Crippen molar-refractivity contribution < 1.29 is 9.50 Å². The van der Waals surface area contributed by atoms with Crippen LogP contribution in [0.15, 0.2) is 79.1 Å². The summed E-state index contributed by atoms with van der Waals surface area (Å²) in [6, 6.07) is 18.8. The molecular weight excluding hydrogens is 329 g/mol. The van der Waals surface area contributed by atoms with Gasteiger partial charge in [0.2, 0.25) is 0 Å². The molecule has 2 N–H and O–H groups in total. The molecule has 0 aliphatic heterocycles. The fourth-order valence-corrected chi connectivity index (χ4v) is 2.97. The number of phenols is 1. The molecule has 4 nitrogen and oxygen atoms in total. The van der Waals surface area contributed by atoms with Crippen molar-refractivity contribution in [2.75, 3.05) is 5.32 Å². The quantitative estimate of drug-likeness (QED) is 0.564. The van der Waals surface area contributed by atoms with Crippen molar-refractivity contribution in [3.63, 3.8) is 0 Å². The van der Waals surface area contributed by atoms with Crippen molar-refractivity contribution >= 4 is 16.7 Å². The largest absolute Gasteiger partial charge is 0.505 e. The molecule has 4 aromatic rings. The van der Waals surface area contributed by atoms with Gasteiger partial charge in [0, 0.05) is 23.3 Å². The summed E-state index contributed by atoms with van der Waals surface area (Å²) < 4.78 is 13.4. The third kappa shape index (κ3) is 3.07. The van der Waals surface area contributed by atoms with E-state index in [4.69, 9.17) is 0 Å².